The molecule has 2 aromatic rings. The number of hydrogen-bond acceptors (Lipinski definition) is 6. The first-order chi connectivity index (χ1) is 12.6. The molecule has 0 unspecified atom stereocenters. The lowest BCUT2D eigenvalue weighted by Gasteiger charge is -2.16. The Hall–Kier alpha value is -2.89. The van der Waals surface area contributed by atoms with Crippen molar-refractivity contribution in [3.63, 3.8) is 0 Å². The molecule has 6 nitrogen and oxygen atoms in total. The van der Waals surface area contributed by atoms with Crippen molar-refractivity contribution in [2.45, 2.75) is 26.0 Å². The summed E-state index contributed by atoms with van der Waals surface area (Å²) < 4.78 is 28.7. The Kier molecular flexibility index (Phi) is 4.11. The summed E-state index contributed by atoms with van der Waals surface area (Å²) in [6.07, 6.45) is 0. The fourth-order valence-corrected chi connectivity index (χ4v) is 2.93. The van der Waals surface area contributed by atoms with Crippen molar-refractivity contribution in [3.05, 3.63) is 47.5 Å². The highest BCUT2D eigenvalue weighted by molar-refractivity contribution is 6.02. The number of fused-ring (bicyclic) bond motifs is 1. The molecule has 0 bridgehead atoms. The molecule has 2 aliphatic heterocycles. The topological polar surface area (TPSA) is 58.5 Å². The van der Waals surface area contributed by atoms with Crippen LogP contribution in [-0.2, 0) is 11.3 Å². The van der Waals surface area contributed by atoms with Gasteiger partial charge in [0.25, 0.3) is 0 Å². The van der Waals surface area contributed by atoms with Crippen molar-refractivity contribution >= 4 is 5.90 Å². The molecule has 0 saturated carbocycles. The molecule has 6 heteroatoms. The maximum absolute atomic E-state index is 6.14. The second-order valence-corrected chi connectivity index (χ2v) is 6.81. The molecule has 2 aromatic carbocycles. The van der Waals surface area contributed by atoms with Crippen LogP contribution in [0.25, 0.3) is 0 Å². The summed E-state index contributed by atoms with van der Waals surface area (Å²) in [4.78, 5) is 4.68. The molecule has 0 N–H and O–H groups in total. The fourth-order valence-electron chi connectivity index (χ4n) is 2.93. The van der Waals surface area contributed by atoms with E-state index in [0.29, 0.717) is 47.7 Å². The summed E-state index contributed by atoms with van der Waals surface area (Å²) in [6.45, 7) is 5.06. The molecule has 2 aliphatic rings. The van der Waals surface area contributed by atoms with Gasteiger partial charge in [0.2, 0.25) is 18.4 Å². The molecule has 0 spiro atoms. The maximum atomic E-state index is 6.14. The van der Waals surface area contributed by atoms with Gasteiger partial charge in [0.05, 0.1) is 12.6 Å². The average Bonchev–Trinajstić information content (AvgIpc) is 3.25. The van der Waals surface area contributed by atoms with E-state index in [9.17, 15) is 0 Å². The van der Waals surface area contributed by atoms with E-state index in [0.717, 1.165) is 5.56 Å². The minimum atomic E-state index is -0.298. The van der Waals surface area contributed by atoms with Crippen molar-refractivity contribution in [3.8, 4) is 23.0 Å². The van der Waals surface area contributed by atoms with E-state index in [4.69, 9.17) is 23.7 Å². The Morgan fingerprint density at radius 1 is 1.12 bits per heavy atom. The van der Waals surface area contributed by atoms with E-state index >= 15 is 0 Å². The van der Waals surface area contributed by atoms with Crippen molar-refractivity contribution in [2.24, 2.45) is 4.99 Å². The molecule has 2 heterocycles. The molecular weight excluding hydrogens is 334 g/mol. The first-order valence-electron chi connectivity index (χ1n) is 8.48. The van der Waals surface area contributed by atoms with E-state index < -0.39 is 0 Å². The predicted octanol–water partition coefficient (Wildman–Crippen LogP) is 3.56. The van der Waals surface area contributed by atoms with Gasteiger partial charge in [-0.2, -0.15) is 0 Å². The third-order valence-electron chi connectivity index (χ3n) is 4.21. The standard InChI is InChI=1S/C20H21NO5/c1-20(2)11-24-19(21-20)16-14(22-3)9-15-17(26-12-25-15)18(16)23-10-13-7-5-4-6-8-13/h4-9H,10-12H2,1-3H3. The molecule has 0 saturated heterocycles. The third kappa shape index (κ3) is 3.03. The summed E-state index contributed by atoms with van der Waals surface area (Å²) in [7, 11) is 1.60. The lowest BCUT2D eigenvalue weighted by atomic mass is 10.1. The van der Waals surface area contributed by atoms with Crippen LogP contribution in [0.1, 0.15) is 25.0 Å². The van der Waals surface area contributed by atoms with Crippen LogP contribution in [0.2, 0.25) is 0 Å². The summed E-state index contributed by atoms with van der Waals surface area (Å²) >= 11 is 0. The van der Waals surface area contributed by atoms with Crippen molar-refractivity contribution in [2.75, 3.05) is 20.5 Å². The first kappa shape index (κ1) is 16.6. The van der Waals surface area contributed by atoms with Gasteiger partial charge in [-0.05, 0) is 19.4 Å². The van der Waals surface area contributed by atoms with Crippen LogP contribution in [0.3, 0.4) is 0 Å². The second-order valence-electron chi connectivity index (χ2n) is 6.81. The summed E-state index contributed by atoms with van der Waals surface area (Å²) in [5, 5.41) is 0. The van der Waals surface area contributed by atoms with Gasteiger partial charge >= 0.3 is 0 Å². The van der Waals surface area contributed by atoms with E-state index in [1.165, 1.54) is 0 Å². The minimum absolute atomic E-state index is 0.141. The third-order valence-corrected chi connectivity index (χ3v) is 4.21. The van der Waals surface area contributed by atoms with Crippen LogP contribution in [0.4, 0.5) is 0 Å². The Labute approximate surface area is 152 Å². The van der Waals surface area contributed by atoms with E-state index in [2.05, 4.69) is 4.99 Å². The number of aliphatic imine (C=N–C) groups is 1. The molecular formula is C20H21NO5. The van der Waals surface area contributed by atoms with Crippen LogP contribution in [0, 0.1) is 0 Å². The number of methoxy groups -OCH3 is 1. The van der Waals surface area contributed by atoms with Gasteiger partial charge in [-0.1, -0.05) is 30.3 Å². The lowest BCUT2D eigenvalue weighted by Crippen LogP contribution is -2.17. The van der Waals surface area contributed by atoms with Crippen molar-refractivity contribution in [1.29, 1.82) is 0 Å². The van der Waals surface area contributed by atoms with E-state index in [-0.39, 0.29) is 12.3 Å². The Morgan fingerprint density at radius 3 is 2.62 bits per heavy atom. The molecule has 0 atom stereocenters. The quantitative estimate of drug-likeness (QED) is 0.821. The molecule has 0 radical (unpaired) electrons. The smallest absolute Gasteiger partial charge is 0.231 e. The highest BCUT2D eigenvalue weighted by Gasteiger charge is 2.35. The zero-order valence-corrected chi connectivity index (χ0v) is 15.1. The van der Waals surface area contributed by atoms with E-state index in [1.54, 1.807) is 13.2 Å². The highest BCUT2D eigenvalue weighted by atomic mass is 16.7. The molecule has 0 aliphatic carbocycles. The SMILES string of the molecule is COc1cc2c(c(OCc3ccccc3)c1C1=NC(C)(C)CO1)OCO2. The van der Waals surface area contributed by atoms with Gasteiger partial charge in [-0.3, -0.25) is 0 Å². The second kappa shape index (κ2) is 6.44. The Balaban J connectivity index is 1.78. The molecule has 0 aromatic heterocycles. The molecule has 0 fully saturated rings. The normalized spacial score (nSPS) is 16.8. The van der Waals surface area contributed by atoms with Crippen LogP contribution < -0.4 is 18.9 Å². The molecule has 0 amide bonds. The summed E-state index contributed by atoms with van der Waals surface area (Å²) in [5.74, 6) is 2.73. The fraction of sp³-hybridized carbons (Fsp3) is 0.350. The number of hydrogen-bond donors (Lipinski definition) is 0. The molecule has 136 valence electrons. The maximum Gasteiger partial charge on any atom is 0.231 e. The summed E-state index contributed by atoms with van der Waals surface area (Å²) in [6, 6.07) is 11.7. The lowest BCUT2D eigenvalue weighted by molar-refractivity contribution is 0.169. The van der Waals surface area contributed by atoms with Crippen molar-refractivity contribution in [1.82, 2.24) is 0 Å². The number of nitrogens with zero attached hydrogens (tertiary/aromatic N) is 1. The van der Waals surface area contributed by atoms with E-state index in [1.807, 2.05) is 44.2 Å². The highest BCUT2D eigenvalue weighted by Crippen LogP contribution is 2.49. The van der Waals surface area contributed by atoms with Crippen LogP contribution >= 0.6 is 0 Å². The zero-order valence-electron chi connectivity index (χ0n) is 15.1. The van der Waals surface area contributed by atoms with Gasteiger partial charge < -0.3 is 23.7 Å². The van der Waals surface area contributed by atoms with Gasteiger partial charge in [0.15, 0.2) is 11.5 Å². The van der Waals surface area contributed by atoms with Gasteiger partial charge in [-0.15, -0.1) is 0 Å². The first-order valence-corrected chi connectivity index (χ1v) is 8.48. The molecule has 4 rings (SSSR count). The van der Waals surface area contributed by atoms with Crippen LogP contribution in [-0.4, -0.2) is 31.9 Å². The average molecular weight is 355 g/mol. The van der Waals surface area contributed by atoms with Gasteiger partial charge in [0.1, 0.15) is 24.5 Å². The number of benzene rings is 2. The zero-order chi connectivity index (χ0) is 18.1. The van der Waals surface area contributed by atoms with Gasteiger partial charge in [0, 0.05) is 6.07 Å². The predicted molar refractivity (Wildman–Crippen MR) is 96.5 cm³/mol. The Bertz CT molecular complexity index is 845. The monoisotopic (exact) mass is 355 g/mol. The minimum Gasteiger partial charge on any atom is -0.496 e. The Morgan fingerprint density at radius 2 is 1.92 bits per heavy atom. The molecule has 26 heavy (non-hydrogen) atoms. The van der Waals surface area contributed by atoms with Crippen molar-refractivity contribution < 1.29 is 23.7 Å². The number of ether oxygens (including phenoxy) is 5. The largest absolute Gasteiger partial charge is 0.496 e. The number of rotatable bonds is 5. The van der Waals surface area contributed by atoms with Crippen LogP contribution in [0.5, 0.6) is 23.0 Å². The van der Waals surface area contributed by atoms with Crippen LogP contribution in [0.15, 0.2) is 41.4 Å². The van der Waals surface area contributed by atoms with Gasteiger partial charge in [-0.25, -0.2) is 4.99 Å². The summed E-state index contributed by atoms with van der Waals surface area (Å²) in [5.41, 5.74) is 1.40.